The number of hydrogen-bond donors (Lipinski definition) is 1. The summed E-state index contributed by atoms with van der Waals surface area (Å²) in [5.41, 5.74) is 0.565. The molecule has 0 saturated heterocycles. The van der Waals surface area contributed by atoms with Gasteiger partial charge >= 0.3 is 5.97 Å². The zero-order chi connectivity index (χ0) is 14.0. The lowest BCUT2D eigenvalue weighted by molar-refractivity contribution is 0.0696. The first kappa shape index (κ1) is 13.1. The van der Waals surface area contributed by atoms with Crippen LogP contribution < -0.4 is 5.56 Å². The minimum atomic E-state index is -1.10. The van der Waals surface area contributed by atoms with Gasteiger partial charge in [-0.2, -0.15) is 0 Å². The van der Waals surface area contributed by atoms with E-state index in [0.717, 1.165) is 11.8 Å². The van der Waals surface area contributed by atoms with Crippen LogP contribution in [0.1, 0.15) is 35.9 Å². The molecule has 0 aliphatic heterocycles. The number of rotatable bonds is 4. The Bertz CT molecular complexity index is 655. The van der Waals surface area contributed by atoms with E-state index in [1.54, 1.807) is 12.5 Å². The van der Waals surface area contributed by atoms with Crippen LogP contribution in [0.3, 0.4) is 0 Å². The van der Waals surface area contributed by atoms with Gasteiger partial charge in [0.2, 0.25) is 0 Å². The van der Waals surface area contributed by atoms with Gasteiger partial charge in [0.1, 0.15) is 0 Å². The third-order valence-corrected chi connectivity index (χ3v) is 2.88. The van der Waals surface area contributed by atoms with Crippen molar-refractivity contribution in [1.82, 2.24) is 14.1 Å². The van der Waals surface area contributed by atoms with E-state index in [4.69, 9.17) is 5.11 Å². The molecule has 1 N–H and O–H groups in total. The molecular formula is C13H15N3O3. The number of hydrogen-bond acceptors (Lipinski definition) is 3. The van der Waals surface area contributed by atoms with E-state index in [0.29, 0.717) is 6.54 Å². The summed E-state index contributed by atoms with van der Waals surface area (Å²) in [4.78, 5) is 26.7. The average Bonchev–Trinajstić information content (AvgIpc) is 2.79. The van der Waals surface area contributed by atoms with Gasteiger partial charge in [0.25, 0.3) is 5.56 Å². The van der Waals surface area contributed by atoms with Gasteiger partial charge in [-0.3, -0.25) is 4.79 Å². The SMILES string of the molecule is CC(C)n1cncc1Cn1ccc(C(=O)O)cc1=O. The molecule has 0 atom stereocenters. The molecule has 2 rings (SSSR count). The molecule has 0 bridgehead atoms. The standard InChI is InChI=1S/C13H15N3O3/c1-9(2)16-8-14-6-11(16)7-15-4-3-10(13(18)19)5-12(15)17/h3-6,8-9H,7H2,1-2H3,(H,18,19). The second-order valence-electron chi connectivity index (χ2n) is 4.57. The van der Waals surface area contributed by atoms with E-state index >= 15 is 0 Å². The minimum Gasteiger partial charge on any atom is -0.478 e. The number of imidazole rings is 1. The zero-order valence-corrected chi connectivity index (χ0v) is 10.8. The van der Waals surface area contributed by atoms with E-state index < -0.39 is 5.97 Å². The molecule has 0 radical (unpaired) electrons. The molecular weight excluding hydrogens is 246 g/mol. The van der Waals surface area contributed by atoms with Crippen molar-refractivity contribution in [2.24, 2.45) is 0 Å². The molecule has 2 aromatic heterocycles. The molecule has 2 aromatic rings. The molecule has 0 fully saturated rings. The summed E-state index contributed by atoms with van der Waals surface area (Å²) < 4.78 is 3.43. The van der Waals surface area contributed by atoms with E-state index in [9.17, 15) is 9.59 Å². The topological polar surface area (TPSA) is 77.1 Å². The summed E-state index contributed by atoms with van der Waals surface area (Å²) >= 11 is 0. The number of aromatic nitrogens is 3. The molecule has 0 spiro atoms. The fourth-order valence-corrected chi connectivity index (χ4v) is 1.87. The third kappa shape index (κ3) is 2.73. The van der Waals surface area contributed by atoms with Crippen molar-refractivity contribution in [3.8, 4) is 0 Å². The molecule has 19 heavy (non-hydrogen) atoms. The summed E-state index contributed by atoms with van der Waals surface area (Å²) in [7, 11) is 0. The predicted octanol–water partition coefficient (Wildman–Crippen LogP) is 1.37. The zero-order valence-electron chi connectivity index (χ0n) is 10.8. The van der Waals surface area contributed by atoms with Crippen LogP contribution >= 0.6 is 0 Å². The highest BCUT2D eigenvalue weighted by molar-refractivity contribution is 5.87. The van der Waals surface area contributed by atoms with Gasteiger partial charge in [-0.15, -0.1) is 0 Å². The molecule has 100 valence electrons. The second kappa shape index (κ2) is 5.09. The highest BCUT2D eigenvalue weighted by atomic mass is 16.4. The minimum absolute atomic E-state index is 0.00128. The van der Waals surface area contributed by atoms with Gasteiger partial charge in [-0.05, 0) is 19.9 Å². The lowest BCUT2D eigenvalue weighted by atomic mass is 10.2. The number of pyridine rings is 1. The Morgan fingerprint density at radius 3 is 2.79 bits per heavy atom. The molecule has 0 aliphatic carbocycles. The molecule has 0 unspecified atom stereocenters. The molecule has 6 nitrogen and oxygen atoms in total. The third-order valence-electron chi connectivity index (χ3n) is 2.88. The number of nitrogens with zero attached hydrogens (tertiary/aromatic N) is 3. The monoisotopic (exact) mass is 261 g/mol. The van der Waals surface area contributed by atoms with E-state index in [1.807, 2.05) is 18.4 Å². The Hall–Kier alpha value is -2.37. The molecule has 0 aliphatic rings. The Labute approximate surface area is 109 Å². The van der Waals surface area contributed by atoms with Crippen LogP contribution in [0, 0.1) is 0 Å². The van der Waals surface area contributed by atoms with E-state index in [1.165, 1.54) is 16.8 Å². The largest absolute Gasteiger partial charge is 0.478 e. The molecule has 2 heterocycles. The number of carboxylic acids is 1. The fraction of sp³-hybridized carbons (Fsp3) is 0.308. The molecule has 0 saturated carbocycles. The van der Waals surface area contributed by atoms with Crippen LogP contribution in [0.15, 0.2) is 35.6 Å². The lowest BCUT2D eigenvalue weighted by Crippen LogP contribution is -2.22. The van der Waals surface area contributed by atoms with Crippen LogP contribution in [0.25, 0.3) is 0 Å². The van der Waals surface area contributed by atoms with Crippen molar-refractivity contribution in [2.75, 3.05) is 0 Å². The van der Waals surface area contributed by atoms with Crippen molar-refractivity contribution in [2.45, 2.75) is 26.4 Å². The first-order valence-corrected chi connectivity index (χ1v) is 5.93. The molecule has 0 amide bonds. The summed E-state index contributed by atoms with van der Waals surface area (Å²) in [5.74, 6) is -1.10. The maximum atomic E-state index is 11.8. The smallest absolute Gasteiger partial charge is 0.335 e. The Morgan fingerprint density at radius 2 is 2.21 bits per heavy atom. The van der Waals surface area contributed by atoms with Crippen LogP contribution in [0.5, 0.6) is 0 Å². The van der Waals surface area contributed by atoms with Crippen molar-refractivity contribution in [3.05, 3.63) is 52.5 Å². The highest BCUT2D eigenvalue weighted by Gasteiger charge is 2.09. The van der Waals surface area contributed by atoms with E-state index in [2.05, 4.69) is 4.98 Å². The molecule has 0 aromatic carbocycles. The van der Waals surface area contributed by atoms with Gasteiger partial charge in [0.05, 0.1) is 24.1 Å². The van der Waals surface area contributed by atoms with Crippen molar-refractivity contribution in [1.29, 1.82) is 0 Å². The molecule has 6 heteroatoms. The summed E-state index contributed by atoms with van der Waals surface area (Å²) in [5, 5.41) is 8.81. The van der Waals surface area contributed by atoms with Crippen molar-refractivity contribution in [3.63, 3.8) is 0 Å². The number of aromatic carboxylic acids is 1. The van der Waals surface area contributed by atoms with Gasteiger partial charge in [0, 0.05) is 24.5 Å². The summed E-state index contributed by atoms with van der Waals surface area (Å²) in [6.07, 6.45) is 4.91. The van der Waals surface area contributed by atoms with Crippen LogP contribution in [0.2, 0.25) is 0 Å². The second-order valence-corrected chi connectivity index (χ2v) is 4.57. The maximum Gasteiger partial charge on any atom is 0.335 e. The number of carbonyl (C=O) groups is 1. The predicted molar refractivity (Wildman–Crippen MR) is 69.4 cm³/mol. The Kier molecular flexibility index (Phi) is 3.50. The van der Waals surface area contributed by atoms with E-state index in [-0.39, 0.29) is 17.2 Å². The van der Waals surface area contributed by atoms with Crippen molar-refractivity contribution >= 4 is 5.97 Å². The summed E-state index contributed by atoms with van der Waals surface area (Å²) in [6.45, 7) is 4.43. The van der Waals surface area contributed by atoms with Crippen LogP contribution in [-0.4, -0.2) is 25.2 Å². The fourth-order valence-electron chi connectivity index (χ4n) is 1.87. The number of carboxylic acid groups (broad SMARTS) is 1. The average molecular weight is 261 g/mol. The quantitative estimate of drug-likeness (QED) is 0.901. The first-order chi connectivity index (χ1) is 8.99. The first-order valence-electron chi connectivity index (χ1n) is 5.93. The van der Waals surface area contributed by atoms with Gasteiger partial charge in [-0.25, -0.2) is 9.78 Å². The lowest BCUT2D eigenvalue weighted by Gasteiger charge is -2.12. The highest BCUT2D eigenvalue weighted by Crippen LogP contribution is 2.09. The van der Waals surface area contributed by atoms with Gasteiger partial charge in [0.15, 0.2) is 0 Å². The van der Waals surface area contributed by atoms with Crippen LogP contribution in [0.4, 0.5) is 0 Å². The summed E-state index contributed by atoms with van der Waals surface area (Å²) in [6, 6.07) is 2.80. The maximum absolute atomic E-state index is 11.8. The van der Waals surface area contributed by atoms with Gasteiger partial charge in [-0.1, -0.05) is 0 Å². The van der Waals surface area contributed by atoms with Gasteiger partial charge < -0.3 is 14.2 Å². The van der Waals surface area contributed by atoms with Crippen LogP contribution in [-0.2, 0) is 6.54 Å². The Balaban J connectivity index is 2.31. The van der Waals surface area contributed by atoms with Crippen molar-refractivity contribution < 1.29 is 9.90 Å². The normalized spacial score (nSPS) is 10.9. The Morgan fingerprint density at radius 1 is 1.47 bits per heavy atom.